The van der Waals surface area contributed by atoms with Gasteiger partial charge < -0.3 is 20.5 Å². The first-order valence-corrected chi connectivity index (χ1v) is 12.3. The number of ether oxygens (including phenoxy) is 2. The Labute approximate surface area is 197 Å². The molecule has 0 saturated heterocycles. The van der Waals surface area contributed by atoms with Crippen LogP contribution in [-0.2, 0) is 16.7 Å². The molecule has 0 radical (unpaired) electrons. The number of esters is 1. The van der Waals surface area contributed by atoms with Crippen LogP contribution in [0.5, 0.6) is 5.88 Å². The van der Waals surface area contributed by atoms with E-state index in [1.165, 1.54) is 0 Å². The average Bonchev–Trinajstić information content (AvgIpc) is 2.75. The minimum atomic E-state index is -0.595. The van der Waals surface area contributed by atoms with Gasteiger partial charge in [0.15, 0.2) is 0 Å². The van der Waals surface area contributed by atoms with Crippen LogP contribution < -0.4 is 15.8 Å². The van der Waals surface area contributed by atoms with Crippen molar-refractivity contribution >= 4 is 40.1 Å². The van der Waals surface area contributed by atoms with Crippen LogP contribution >= 0.6 is 11.8 Å². The van der Waals surface area contributed by atoms with E-state index in [4.69, 9.17) is 15.2 Å². The van der Waals surface area contributed by atoms with Crippen LogP contribution in [0.1, 0.15) is 48.8 Å². The predicted molar refractivity (Wildman–Crippen MR) is 131 cm³/mol. The summed E-state index contributed by atoms with van der Waals surface area (Å²) in [7, 11) is 0. The molecule has 4 heterocycles. The van der Waals surface area contributed by atoms with Crippen molar-refractivity contribution in [1.29, 1.82) is 0 Å². The number of nitrogens with one attached hydrogen (secondary N) is 1. The summed E-state index contributed by atoms with van der Waals surface area (Å²) < 4.78 is 11.2. The molecule has 1 atom stereocenters. The highest BCUT2D eigenvalue weighted by Crippen LogP contribution is 2.33. The van der Waals surface area contributed by atoms with Gasteiger partial charge in [0.05, 0.1) is 23.3 Å². The van der Waals surface area contributed by atoms with Crippen molar-refractivity contribution in [3.8, 4) is 5.88 Å². The Hall–Kier alpha value is -2.91. The SMILES string of the molecule is CSCCCOc1ncc(C(C)(C)N)c2cc(Nc3ccc4c(n3)CC(C)OC4=O)ncc12. The molecule has 0 saturated carbocycles. The normalized spacial score (nSPS) is 15.8. The van der Waals surface area contributed by atoms with Crippen LogP contribution in [0.25, 0.3) is 10.8 Å². The van der Waals surface area contributed by atoms with E-state index in [0.29, 0.717) is 36.1 Å². The summed E-state index contributed by atoms with van der Waals surface area (Å²) in [6.07, 6.45) is 6.94. The topological polar surface area (TPSA) is 112 Å². The molecule has 3 aromatic rings. The molecule has 0 fully saturated rings. The number of pyridine rings is 3. The zero-order valence-corrected chi connectivity index (χ0v) is 20.2. The number of carbonyl (C=O) groups is 1. The molecular formula is C24H29N5O3S. The Balaban J connectivity index is 1.66. The second-order valence-electron chi connectivity index (χ2n) is 8.74. The second kappa shape index (κ2) is 9.52. The lowest BCUT2D eigenvalue weighted by molar-refractivity contribution is 0.0297. The van der Waals surface area contributed by atoms with E-state index in [2.05, 4.69) is 26.5 Å². The van der Waals surface area contributed by atoms with Crippen LogP contribution in [0.15, 0.2) is 30.6 Å². The van der Waals surface area contributed by atoms with Crippen molar-refractivity contribution in [2.75, 3.05) is 23.9 Å². The molecule has 9 heteroatoms. The maximum Gasteiger partial charge on any atom is 0.340 e. The third kappa shape index (κ3) is 5.20. The quantitative estimate of drug-likeness (QED) is 0.372. The highest BCUT2D eigenvalue weighted by molar-refractivity contribution is 7.98. The summed E-state index contributed by atoms with van der Waals surface area (Å²) in [5.74, 6) is 2.48. The number of hydrogen-bond acceptors (Lipinski definition) is 9. The van der Waals surface area contributed by atoms with Gasteiger partial charge in [-0.1, -0.05) is 0 Å². The number of anilines is 2. The molecule has 0 bridgehead atoms. The summed E-state index contributed by atoms with van der Waals surface area (Å²) in [6.45, 7) is 6.34. The van der Waals surface area contributed by atoms with Crippen molar-refractivity contribution in [1.82, 2.24) is 15.0 Å². The van der Waals surface area contributed by atoms with E-state index in [1.807, 2.05) is 26.8 Å². The van der Waals surface area contributed by atoms with Gasteiger partial charge >= 0.3 is 5.97 Å². The summed E-state index contributed by atoms with van der Waals surface area (Å²) in [5, 5.41) is 4.99. The fourth-order valence-corrected chi connectivity index (χ4v) is 4.19. The molecule has 174 valence electrons. The Kier molecular flexibility index (Phi) is 6.71. The molecule has 1 aliphatic rings. The second-order valence-corrected chi connectivity index (χ2v) is 9.73. The first-order valence-electron chi connectivity index (χ1n) is 10.9. The van der Waals surface area contributed by atoms with Gasteiger partial charge in [0, 0.05) is 24.4 Å². The molecule has 3 aromatic heterocycles. The van der Waals surface area contributed by atoms with Crippen LogP contribution in [0.4, 0.5) is 11.6 Å². The van der Waals surface area contributed by atoms with Crippen LogP contribution in [0, 0.1) is 0 Å². The number of rotatable bonds is 8. The van der Waals surface area contributed by atoms with Gasteiger partial charge in [0.25, 0.3) is 0 Å². The zero-order chi connectivity index (χ0) is 23.6. The average molecular weight is 468 g/mol. The summed E-state index contributed by atoms with van der Waals surface area (Å²) in [6, 6.07) is 5.43. The summed E-state index contributed by atoms with van der Waals surface area (Å²) >= 11 is 1.79. The first-order chi connectivity index (χ1) is 15.8. The van der Waals surface area contributed by atoms with Crippen LogP contribution in [0.3, 0.4) is 0 Å². The summed E-state index contributed by atoms with van der Waals surface area (Å²) in [5.41, 5.74) is 7.97. The van der Waals surface area contributed by atoms with E-state index in [1.54, 1.807) is 36.3 Å². The molecule has 0 spiro atoms. The van der Waals surface area contributed by atoms with E-state index in [0.717, 1.165) is 34.2 Å². The molecule has 0 aliphatic carbocycles. The van der Waals surface area contributed by atoms with Crippen LogP contribution in [0.2, 0.25) is 0 Å². The van der Waals surface area contributed by atoms with Gasteiger partial charge in [-0.25, -0.2) is 19.7 Å². The van der Waals surface area contributed by atoms with Gasteiger partial charge in [0.1, 0.15) is 17.7 Å². The van der Waals surface area contributed by atoms with Crippen LogP contribution in [-0.4, -0.2) is 45.6 Å². The number of carbonyl (C=O) groups excluding carboxylic acids is 1. The van der Waals surface area contributed by atoms with Crippen molar-refractivity contribution in [3.63, 3.8) is 0 Å². The Bertz CT molecular complexity index is 1180. The molecule has 4 rings (SSSR count). The Morgan fingerprint density at radius 2 is 2.06 bits per heavy atom. The van der Waals surface area contributed by atoms with Gasteiger partial charge in [0.2, 0.25) is 5.88 Å². The third-order valence-corrected chi connectivity index (χ3v) is 6.10. The number of fused-ring (bicyclic) bond motifs is 2. The monoisotopic (exact) mass is 467 g/mol. The van der Waals surface area contributed by atoms with Gasteiger partial charge in [-0.15, -0.1) is 0 Å². The maximum absolute atomic E-state index is 12.1. The van der Waals surface area contributed by atoms with E-state index < -0.39 is 5.54 Å². The maximum atomic E-state index is 12.1. The predicted octanol–water partition coefficient (Wildman–Crippen LogP) is 4.20. The highest BCUT2D eigenvalue weighted by atomic mass is 32.2. The minimum absolute atomic E-state index is 0.192. The Morgan fingerprint density at radius 1 is 1.24 bits per heavy atom. The molecule has 1 aliphatic heterocycles. The standard InChI is InChI=1S/C24H29N5O3S/c1-14-10-19-15(23(30)32-14)6-7-20(28-19)29-21-11-16-17(12-26-21)22(31-8-5-9-33-4)27-13-18(16)24(2,3)25/h6-7,11-14H,5,8-10,25H2,1-4H3,(H,26,28,29). The largest absolute Gasteiger partial charge is 0.477 e. The van der Waals surface area contributed by atoms with Crippen molar-refractivity contribution < 1.29 is 14.3 Å². The molecule has 1 unspecified atom stereocenters. The molecule has 0 amide bonds. The number of thioether (sulfide) groups is 1. The van der Waals surface area contributed by atoms with Crippen molar-refractivity contribution in [3.05, 3.63) is 47.4 Å². The number of nitrogens with two attached hydrogens (primary N) is 1. The van der Waals surface area contributed by atoms with Crippen molar-refractivity contribution in [2.45, 2.75) is 45.3 Å². The fourth-order valence-electron chi connectivity index (χ4n) is 3.78. The molecule has 0 aromatic carbocycles. The van der Waals surface area contributed by atoms with Gasteiger partial charge in [-0.05, 0) is 68.3 Å². The zero-order valence-electron chi connectivity index (χ0n) is 19.3. The lowest BCUT2D eigenvalue weighted by Crippen LogP contribution is -2.29. The number of nitrogens with zero attached hydrogens (tertiary/aromatic N) is 3. The smallest absolute Gasteiger partial charge is 0.340 e. The van der Waals surface area contributed by atoms with E-state index >= 15 is 0 Å². The van der Waals surface area contributed by atoms with Gasteiger partial charge in [-0.3, -0.25) is 0 Å². The number of cyclic esters (lactones) is 1. The third-order valence-electron chi connectivity index (χ3n) is 5.40. The highest BCUT2D eigenvalue weighted by Gasteiger charge is 2.25. The molecule has 33 heavy (non-hydrogen) atoms. The molecule has 3 N–H and O–H groups in total. The number of hydrogen-bond donors (Lipinski definition) is 2. The van der Waals surface area contributed by atoms with Crippen molar-refractivity contribution in [2.24, 2.45) is 5.73 Å². The summed E-state index contributed by atoms with van der Waals surface area (Å²) in [4.78, 5) is 25.8. The lowest BCUT2D eigenvalue weighted by atomic mass is 9.93. The lowest BCUT2D eigenvalue weighted by Gasteiger charge is -2.22. The fraction of sp³-hybridized carbons (Fsp3) is 0.417. The molecule has 8 nitrogen and oxygen atoms in total. The number of aromatic nitrogens is 3. The first kappa shape index (κ1) is 23.3. The Morgan fingerprint density at radius 3 is 2.82 bits per heavy atom. The molecular weight excluding hydrogens is 438 g/mol. The van der Waals surface area contributed by atoms with E-state index in [-0.39, 0.29) is 12.1 Å². The minimum Gasteiger partial charge on any atom is -0.477 e. The van der Waals surface area contributed by atoms with E-state index in [9.17, 15) is 4.79 Å². The van der Waals surface area contributed by atoms with Gasteiger partial charge in [-0.2, -0.15) is 11.8 Å².